The van der Waals surface area contributed by atoms with Crippen LogP contribution in [0.15, 0.2) is 36.7 Å². The van der Waals surface area contributed by atoms with Crippen molar-refractivity contribution in [3.8, 4) is 0 Å². The highest BCUT2D eigenvalue weighted by atomic mass is 14.9. The first-order valence-corrected chi connectivity index (χ1v) is 8.50. The molecule has 1 heterocycles. The number of nitrogens with zero attached hydrogens (tertiary/aromatic N) is 2. The van der Waals surface area contributed by atoms with Crippen molar-refractivity contribution >= 4 is 22.3 Å². The maximum atomic E-state index is 8.49. The van der Waals surface area contributed by atoms with Crippen LogP contribution >= 0.6 is 0 Å². The molecule has 2 aromatic rings. The highest BCUT2D eigenvalue weighted by Gasteiger charge is 2.29. The number of fused-ring (bicyclic) bond motifs is 1. The van der Waals surface area contributed by atoms with Crippen LogP contribution in [-0.2, 0) is 0 Å². The van der Waals surface area contributed by atoms with Gasteiger partial charge in [-0.2, -0.15) is 0 Å². The zero-order valence-electron chi connectivity index (χ0n) is 13.8. The molecule has 0 bridgehead atoms. The van der Waals surface area contributed by atoms with E-state index in [1.165, 1.54) is 0 Å². The Balaban J connectivity index is 1.95. The van der Waals surface area contributed by atoms with E-state index in [1.54, 1.807) is 6.20 Å². The molecule has 23 heavy (non-hydrogen) atoms. The van der Waals surface area contributed by atoms with Crippen molar-refractivity contribution in [2.45, 2.75) is 45.6 Å². The Kier molecular flexibility index (Phi) is 4.70. The molecule has 0 radical (unpaired) electrons. The van der Waals surface area contributed by atoms with Gasteiger partial charge in [-0.25, -0.2) is 4.98 Å². The molecule has 1 aromatic carbocycles. The van der Waals surface area contributed by atoms with Gasteiger partial charge in [-0.15, -0.1) is 0 Å². The molecule has 4 heteroatoms. The van der Waals surface area contributed by atoms with Crippen LogP contribution in [0.2, 0.25) is 0 Å². The lowest BCUT2D eigenvalue weighted by atomic mass is 10.0. The zero-order chi connectivity index (χ0) is 16.2. The molecular weight excluding hydrogens is 284 g/mol. The van der Waals surface area contributed by atoms with Crippen molar-refractivity contribution in [3.05, 3.63) is 42.4 Å². The maximum absolute atomic E-state index is 8.49. The number of rotatable bonds is 7. The molecule has 2 N–H and O–H groups in total. The SMILES string of the molecule is CCC(CC)N/C=C(\C(=N)C1CC1)c1cnc2ccccc2n1. The first-order chi connectivity index (χ1) is 11.2. The van der Waals surface area contributed by atoms with E-state index in [4.69, 9.17) is 10.4 Å². The summed E-state index contributed by atoms with van der Waals surface area (Å²) < 4.78 is 0. The average Bonchev–Trinajstić information content (AvgIpc) is 3.43. The van der Waals surface area contributed by atoms with Crippen LogP contribution in [0.3, 0.4) is 0 Å². The lowest BCUT2D eigenvalue weighted by Gasteiger charge is -2.15. The Morgan fingerprint density at radius 2 is 1.96 bits per heavy atom. The van der Waals surface area contributed by atoms with Gasteiger partial charge in [-0.05, 0) is 37.8 Å². The highest BCUT2D eigenvalue weighted by molar-refractivity contribution is 6.23. The summed E-state index contributed by atoms with van der Waals surface area (Å²) in [5, 5.41) is 11.9. The Bertz CT molecular complexity index is 727. The first kappa shape index (κ1) is 15.7. The second kappa shape index (κ2) is 6.90. The summed E-state index contributed by atoms with van der Waals surface area (Å²) in [7, 11) is 0. The van der Waals surface area contributed by atoms with Gasteiger partial charge >= 0.3 is 0 Å². The fourth-order valence-electron chi connectivity index (χ4n) is 2.69. The van der Waals surface area contributed by atoms with Crippen molar-refractivity contribution < 1.29 is 0 Å². The quantitative estimate of drug-likeness (QED) is 0.754. The molecule has 4 nitrogen and oxygen atoms in total. The molecule has 120 valence electrons. The Labute approximate surface area is 137 Å². The molecule has 3 rings (SSSR count). The van der Waals surface area contributed by atoms with E-state index in [0.29, 0.717) is 17.7 Å². The highest BCUT2D eigenvalue weighted by Crippen LogP contribution is 2.35. The monoisotopic (exact) mass is 308 g/mol. The number of nitrogens with one attached hydrogen (secondary N) is 2. The van der Waals surface area contributed by atoms with E-state index in [0.717, 1.165) is 48.0 Å². The predicted molar refractivity (Wildman–Crippen MR) is 95.5 cm³/mol. The smallest absolute Gasteiger partial charge is 0.0925 e. The van der Waals surface area contributed by atoms with E-state index < -0.39 is 0 Å². The van der Waals surface area contributed by atoms with Crippen molar-refractivity contribution in [1.82, 2.24) is 15.3 Å². The van der Waals surface area contributed by atoms with Gasteiger partial charge < -0.3 is 10.7 Å². The summed E-state index contributed by atoms with van der Waals surface area (Å²) in [6.07, 6.45) is 8.14. The van der Waals surface area contributed by atoms with E-state index in [1.807, 2.05) is 30.5 Å². The third-order valence-electron chi connectivity index (χ3n) is 4.45. The number of aromatic nitrogens is 2. The summed E-state index contributed by atoms with van der Waals surface area (Å²) in [5.74, 6) is 0.387. The van der Waals surface area contributed by atoms with Crippen LogP contribution in [0, 0.1) is 11.3 Å². The third-order valence-corrected chi connectivity index (χ3v) is 4.45. The van der Waals surface area contributed by atoms with Gasteiger partial charge in [0.2, 0.25) is 0 Å². The van der Waals surface area contributed by atoms with Gasteiger partial charge in [0.05, 0.1) is 22.9 Å². The number of hydrogen-bond acceptors (Lipinski definition) is 4. The number of allylic oxidation sites excluding steroid dienone is 1. The molecule has 0 aliphatic heterocycles. The van der Waals surface area contributed by atoms with Crippen LogP contribution in [0.1, 0.15) is 45.2 Å². The predicted octanol–water partition coefficient (Wildman–Crippen LogP) is 4.18. The molecule has 1 aliphatic carbocycles. The topological polar surface area (TPSA) is 61.7 Å². The minimum atomic E-state index is 0.387. The van der Waals surface area contributed by atoms with Gasteiger partial charge in [0.25, 0.3) is 0 Å². The van der Waals surface area contributed by atoms with Crippen molar-refractivity contribution in [1.29, 1.82) is 5.41 Å². The normalized spacial score (nSPS) is 15.2. The van der Waals surface area contributed by atoms with E-state index in [9.17, 15) is 0 Å². The summed E-state index contributed by atoms with van der Waals surface area (Å²) in [4.78, 5) is 9.23. The Hall–Kier alpha value is -2.23. The van der Waals surface area contributed by atoms with Gasteiger partial charge in [0.15, 0.2) is 0 Å². The lowest BCUT2D eigenvalue weighted by Crippen LogP contribution is -2.23. The molecule has 1 aromatic heterocycles. The van der Waals surface area contributed by atoms with Crippen LogP contribution in [0.25, 0.3) is 16.6 Å². The standard InChI is InChI=1S/C19H24N4/c1-3-14(4-2)21-11-15(19(20)13-9-10-13)18-12-22-16-7-5-6-8-17(16)23-18/h5-8,11-14,20-21H,3-4,9-10H2,1-2H3/b15-11-,20-19?. The van der Waals surface area contributed by atoms with Crippen molar-refractivity contribution in [3.63, 3.8) is 0 Å². The molecule has 0 amide bonds. The molecule has 0 spiro atoms. The lowest BCUT2D eigenvalue weighted by molar-refractivity contribution is 0.552. The fourth-order valence-corrected chi connectivity index (χ4v) is 2.69. The summed E-state index contributed by atoms with van der Waals surface area (Å²) in [6, 6.07) is 8.31. The number of hydrogen-bond donors (Lipinski definition) is 2. The van der Waals surface area contributed by atoms with Gasteiger partial charge in [0, 0.05) is 29.4 Å². The Morgan fingerprint density at radius 3 is 2.61 bits per heavy atom. The molecular formula is C19H24N4. The van der Waals surface area contributed by atoms with Crippen molar-refractivity contribution in [2.24, 2.45) is 5.92 Å². The zero-order valence-corrected chi connectivity index (χ0v) is 13.8. The summed E-state index contributed by atoms with van der Waals surface area (Å²) >= 11 is 0. The van der Waals surface area contributed by atoms with E-state index >= 15 is 0 Å². The van der Waals surface area contributed by atoms with Gasteiger partial charge in [-0.3, -0.25) is 4.98 Å². The summed E-state index contributed by atoms with van der Waals surface area (Å²) in [5.41, 5.74) is 4.13. The van der Waals surface area contributed by atoms with Gasteiger partial charge in [0.1, 0.15) is 0 Å². The first-order valence-electron chi connectivity index (χ1n) is 8.50. The number of para-hydroxylation sites is 2. The Morgan fingerprint density at radius 1 is 1.26 bits per heavy atom. The van der Waals surface area contributed by atoms with E-state index in [2.05, 4.69) is 24.1 Å². The molecule has 0 saturated heterocycles. The third kappa shape index (κ3) is 3.58. The maximum Gasteiger partial charge on any atom is 0.0925 e. The molecule has 1 saturated carbocycles. The summed E-state index contributed by atoms with van der Waals surface area (Å²) in [6.45, 7) is 4.35. The molecule has 1 aliphatic rings. The second-order valence-corrected chi connectivity index (χ2v) is 6.17. The average molecular weight is 308 g/mol. The molecule has 0 atom stereocenters. The van der Waals surface area contributed by atoms with Crippen LogP contribution in [0.5, 0.6) is 0 Å². The molecule has 0 unspecified atom stereocenters. The minimum Gasteiger partial charge on any atom is -0.388 e. The number of benzene rings is 1. The van der Waals surface area contributed by atoms with Gasteiger partial charge in [-0.1, -0.05) is 26.0 Å². The minimum absolute atomic E-state index is 0.387. The van der Waals surface area contributed by atoms with Crippen LogP contribution < -0.4 is 5.32 Å². The largest absolute Gasteiger partial charge is 0.388 e. The van der Waals surface area contributed by atoms with Crippen molar-refractivity contribution in [2.75, 3.05) is 0 Å². The second-order valence-electron chi connectivity index (χ2n) is 6.17. The van der Waals surface area contributed by atoms with Crippen LogP contribution in [-0.4, -0.2) is 21.7 Å². The van der Waals surface area contributed by atoms with Crippen LogP contribution in [0.4, 0.5) is 0 Å². The van der Waals surface area contributed by atoms with E-state index in [-0.39, 0.29) is 0 Å². The fraction of sp³-hybridized carbons (Fsp3) is 0.421. The molecule has 1 fully saturated rings.